The number of halogens is 1. The van der Waals surface area contributed by atoms with Crippen molar-refractivity contribution in [2.45, 2.75) is 13.5 Å². The molecule has 0 radical (unpaired) electrons. The lowest BCUT2D eigenvalue weighted by Gasteiger charge is -2.24. The zero-order valence-corrected chi connectivity index (χ0v) is 14.7. The van der Waals surface area contributed by atoms with Gasteiger partial charge in [-0.2, -0.15) is 0 Å². The van der Waals surface area contributed by atoms with Crippen molar-refractivity contribution in [3.63, 3.8) is 0 Å². The van der Waals surface area contributed by atoms with E-state index in [1.54, 1.807) is 0 Å². The highest BCUT2D eigenvalue weighted by atomic mass is 35.5. The second-order valence-corrected chi connectivity index (χ2v) is 5.89. The molecular weight excluding hydrogens is 334 g/mol. The highest BCUT2D eigenvalue weighted by molar-refractivity contribution is 6.31. The summed E-state index contributed by atoms with van der Waals surface area (Å²) in [4.78, 5) is 10.7. The Balaban J connectivity index is 1.86. The second-order valence-electron chi connectivity index (χ2n) is 5.48. The van der Waals surface area contributed by atoms with Crippen molar-refractivity contribution in [3.05, 3.63) is 71.5 Å². The molecule has 5 nitrogen and oxygen atoms in total. The number of para-hydroxylation sites is 1. The first-order chi connectivity index (χ1) is 12.2. The predicted octanol–water partition coefficient (Wildman–Crippen LogP) is 4.48. The number of anilines is 4. The minimum atomic E-state index is 0.514. The van der Waals surface area contributed by atoms with Gasteiger partial charge in [-0.05, 0) is 30.7 Å². The van der Waals surface area contributed by atoms with Crippen molar-refractivity contribution in [3.8, 4) is 0 Å². The smallest absolute Gasteiger partial charge is 0.161 e. The molecular formula is C19H20ClN5. The lowest BCUT2D eigenvalue weighted by atomic mass is 10.2. The maximum Gasteiger partial charge on any atom is 0.161 e. The quantitative estimate of drug-likeness (QED) is 0.683. The van der Waals surface area contributed by atoms with Crippen LogP contribution in [0.4, 0.5) is 23.0 Å². The number of nitrogens with one attached hydrogen (secondary N) is 1. The van der Waals surface area contributed by atoms with E-state index in [0.717, 1.165) is 17.8 Å². The van der Waals surface area contributed by atoms with Gasteiger partial charge in [-0.15, -0.1) is 0 Å². The molecule has 0 spiro atoms. The van der Waals surface area contributed by atoms with Crippen molar-refractivity contribution in [1.82, 2.24) is 9.97 Å². The minimum Gasteiger partial charge on any atom is -0.393 e. The highest BCUT2D eigenvalue weighted by Gasteiger charge is 2.15. The van der Waals surface area contributed by atoms with E-state index in [-0.39, 0.29) is 0 Å². The number of hydrogen-bond donors (Lipinski definition) is 2. The van der Waals surface area contributed by atoms with Crippen LogP contribution in [-0.4, -0.2) is 16.5 Å². The van der Waals surface area contributed by atoms with Gasteiger partial charge in [0.2, 0.25) is 0 Å². The monoisotopic (exact) mass is 353 g/mol. The summed E-state index contributed by atoms with van der Waals surface area (Å²) in [6.07, 6.45) is 1.52. The zero-order valence-electron chi connectivity index (χ0n) is 14.0. The predicted molar refractivity (Wildman–Crippen MR) is 104 cm³/mol. The van der Waals surface area contributed by atoms with Crippen molar-refractivity contribution < 1.29 is 0 Å². The van der Waals surface area contributed by atoms with Crippen LogP contribution < -0.4 is 16.0 Å². The SMILES string of the molecule is CCN(c1ccccc1)c1ncnc(NCc2ccccc2Cl)c1N. The van der Waals surface area contributed by atoms with E-state index in [1.165, 1.54) is 6.33 Å². The van der Waals surface area contributed by atoms with E-state index in [1.807, 2.05) is 54.6 Å². The fraction of sp³-hybridized carbons (Fsp3) is 0.158. The molecule has 1 aromatic heterocycles. The molecule has 3 aromatic rings. The van der Waals surface area contributed by atoms with Gasteiger partial charge in [0.05, 0.1) is 0 Å². The molecule has 0 saturated carbocycles. The van der Waals surface area contributed by atoms with E-state index >= 15 is 0 Å². The molecule has 0 saturated heterocycles. The molecule has 25 heavy (non-hydrogen) atoms. The molecule has 0 bridgehead atoms. The Morgan fingerprint density at radius 3 is 2.48 bits per heavy atom. The normalized spacial score (nSPS) is 10.5. The molecule has 1 heterocycles. The maximum absolute atomic E-state index is 6.34. The molecule has 0 amide bonds. The average molecular weight is 354 g/mol. The molecule has 0 fully saturated rings. The summed E-state index contributed by atoms with van der Waals surface area (Å²) in [5.41, 5.74) is 8.87. The standard InChI is InChI=1S/C19H20ClN5/c1-2-25(15-9-4-3-5-10-15)19-17(21)18(23-13-24-19)22-12-14-8-6-7-11-16(14)20/h3-11,13H,2,12,21H2,1H3,(H,22,23,24). The molecule has 0 unspecified atom stereocenters. The van der Waals surface area contributed by atoms with Gasteiger partial charge >= 0.3 is 0 Å². The van der Waals surface area contributed by atoms with E-state index in [0.29, 0.717) is 28.9 Å². The number of nitrogen functional groups attached to an aromatic ring is 1. The Bertz CT molecular complexity index is 838. The van der Waals surface area contributed by atoms with Crippen molar-refractivity contribution in [1.29, 1.82) is 0 Å². The van der Waals surface area contributed by atoms with E-state index in [9.17, 15) is 0 Å². The summed E-state index contributed by atoms with van der Waals surface area (Å²) < 4.78 is 0. The summed E-state index contributed by atoms with van der Waals surface area (Å²) in [6, 6.07) is 17.7. The van der Waals surface area contributed by atoms with Gasteiger partial charge in [-0.1, -0.05) is 48.0 Å². The van der Waals surface area contributed by atoms with Crippen molar-refractivity contribution >= 4 is 34.6 Å². The molecule has 3 N–H and O–H groups in total. The van der Waals surface area contributed by atoms with Crippen LogP contribution in [0.3, 0.4) is 0 Å². The van der Waals surface area contributed by atoms with Crippen LogP contribution in [0.1, 0.15) is 12.5 Å². The minimum absolute atomic E-state index is 0.514. The number of hydrogen-bond acceptors (Lipinski definition) is 5. The van der Waals surface area contributed by atoms with Crippen LogP contribution in [0.5, 0.6) is 0 Å². The molecule has 6 heteroatoms. The molecule has 2 aromatic carbocycles. The second kappa shape index (κ2) is 7.85. The number of nitrogens with zero attached hydrogens (tertiary/aromatic N) is 3. The molecule has 0 aliphatic carbocycles. The van der Waals surface area contributed by atoms with Gasteiger partial charge in [-0.25, -0.2) is 9.97 Å². The Labute approximate surface area is 152 Å². The summed E-state index contributed by atoms with van der Waals surface area (Å²) in [6.45, 7) is 3.35. The van der Waals surface area contributed by atoms with E-state index < -0.39 is 0 Å². The largest absolute Gasteiger partial charge is 0.393 e. The van der Waals surface area contributed by atoms with Crippen molar-refractivity contribution in [2.24, 2.45) is 0 Å². The first-order valence-electron chi connectivity index (χ1n) is 8.11. The Hall–Kier alpha value is -2.79. The first kappa shape index (κ1) is 17.0. The van der Waals surface area contributed by atoms with Gasteiger partial charge < -0.3 is 16.0 Å². The van der Waals surface area contributed by atoms with E-state index in [2.05, 4.69) is 27.1 Å². The molecule has 3 rings (SSSR count). The van der Waals surface area contributed by atoms with Gasteiger partial charge in [0, 0.05) is 23.8 Å². The van der Waals surface area contributed by atoms with Crippen LogP contribution in [0, 0.1) is 0 Å². The Morgan fingerprint density at radius 2 is 1.76 bits per heavy atom. The van der Waals surface area contributed by atoms with Gasteiger partial charge in [0.15, 0.2) is 11.6 Å². The van der Waals surface area contributed by atoms with Crippen LogP contribution in [0.25, 0.3) is 0 Å². The third-order valence-electron chi connectivity index (χ3n) is 3.91. The summed E-state index contributed by atoms with van der Waals surface area (Å²) in [7, 11) is 0. The third-order valence-corrected chi connectivity index (χ3v) is 4.28. The lowest BCUT2D eigenvalue weighted by molar-refractivity contribution is 0.975. The summed E-state index contributed by atoms with van der Waals surface area (Å²) in [5, 5.41) is 3.96. The number of benzene rings is 2. The molecule has 0 aliphatic heterocycles. The number of nitrogens with two attached hydrogens (primary N) is 1. The first-order valence-corrected chi connectivity index (χ1v) is 8.48. The van der Waals surface area contributed by atoms with Crippen molar-refractivity contribution in [2.75, 3.05) is 22.5 Å². The van der Waals surface area contributed by atoms with Crippen LogP contribution >= 0.6 is 11.6 Å². The Kier molecular flexibility index (Phi) is 5.36. The van der Waals surface area contributed by atoms with Gasteiger partial charge in [0.1, 0.15) is 12.0 Å². The summed E-state index contributed by atoms with van der Waals surface area (Å²) >= 11 is 6.20. The molecule has 128 valence electrons. The van der Waals surface area contributed by atoms with Gasteiger partial charge in [0.25, 0.3) is 0 Å². The lowest BCUT2D eigenvalue weighted by Crippen LogP contribution is -2.20. The number of rotatable bonds is 6. The van der Waals surface area contributed by atoms with Crippen LogP contribution in [0.15, 0.2) is 60.9 Å². The van der Waals surface area contributed by atoms with Gasteiger partial charge in [-0.3, -0.25) is 0 Å². The van der Waals surface area contributed by atoms with Crippen LogP contribution in [0.2, 0.25) is 5.02 Å². The van der Waals surface area contributed by atoms with E-state index in [4.69, 9.17) is 17.3 Å². The molecule has 0 atom stereocenters. The fourth-order valence-electron chi connectivity index (χ4n) is 2.63. The zero-order chi connectivity index (χ0) is 17.6. The summed E-state index contributed by atoms with van der Waals surface area (Å²) in [5.74, 6) is 1.28. The van der Waals surface area contributed by atoms with Crippen LogP contribution in [-0.2, 0) is 6.54 Å². The number of aromatic nitrogens is 2. The Morgan fingerprint density at radius 1 is 1.04 bits per heavy atom. The maximum atomic E-state index is 6.34. The average Bonchev–Trinajstić information content (AvgIpc) is 2.65. The third kappa shape index (κ3) is 3.83. The topological polar surface area (TPSA) is 67.1 Å². The molecule has 0 aliphatic rings. The fourth-order valence-corrected chi connectivity index (χ4v) is 2.83. The highest BCUT2D eigenvalue weighted by Crippen LogP contribution is 2.31.